The third-order valence-electron chi connectivity index (χ3n) is 4.22. The van der Waals surface area contributed by atoms with Gasteiger partial charge in [-0.25, -0.2) is 17.9 Å². The van der Waals surface area contributed by atoms with Crippen LogP contribution >= 0.6 is 0 Å². The Balaban J connectivity index is 1.59. The highest BCUT2D eigenvalue weighted by molar-refractivity contribution is 7.90. The molecule has 9 nitrogen and oxygen atoms in total. The first kappa shape index (κ1) is 20.3. The highest BCUT2D eigenvalue weighted by Gasteiger charge is 2.30. The molecule has 1 fully saturated rings. The summed E-state index contributed by atoms with van der Waals surface area (Å²) < 4.78 is 25.7. The zero-order chi connectivity index (χ0) is 21.0. The third-order valence-corrected chi connectivity index (χ3v) is 5.67. The number of urea groups is 1. The molecule has 0 aromatic heterocycles. The van der Waals surface area contributed by atoms with Gasteiger partial charge in [-0.05, 0) is 36.4 Å². The first-order chi connectivity index (χ1) is 13.8. The molecule has 29 heavy (non-hydrogen) atoms. The molecule has 0 spiro atoms. The number of para-hydroxylation sites is 1. The SMILES string of the molecule is CC(=O)NS(=O)(=O)c1ccc(NC(=O)CN2CCN(c3ccccc3)C2=O)cc1. The second-order valence-corrected chi connectivity index (χ2v) is 8.11. The Morgan fingerprint density at radius 1 is 1.00 bits per heavy atom. The van der Waals surface area contributed by atoms with Gasteiger partial charge in [0.15, 0.2) is 0 Å². The highest BCUT2D eigenvalue weighted by Crippen LogP contribution is 2.20. The molecule has 1 saturated heterocycles. The van der Waals surface area contributed by atoms with Crippen LogP contribution in [0.3, 0.4) is 0 Å². The van der Waals surface area contributed by atoms with Crippen molar-refractivity contribution in [1.29, 1.82) is 0 Å². The summed E-state index contributed by atoms with van der Waals surface area (Å²) in [6.45, 7) is 1.90. The van der Waals surface area contributed by atoms with Gasteiger partial charge in [0, 0.05) is 31.4 Å². The Labute approximate surface area is 168 Å². The van der Waals surface area contributed by atoms with Gasteiger partial charge < -0.3 is 10.2 Å². The number of amides is 4. The predicted molar refractivity (Wildman–Crippen MR) is 107 cm³/mol. The van der Waals surface area contributed by atoms with E-state index in [1.807, 2.05) is 35.1 Å². The molecule has 4 amide bonds. The van der Waals surface area contributed by atoms with Crippen LogP contribution < -0.4 is 14.9 Å². The molecule has 152 valence electrons. The lowest BCUT2D eigenvalue weighted by Crippen LogP contribution is -2.37. The van der Waals surface area contributed by atoms with Gasteiger partial charge in [0.25, 0.3) is 10.0 Å². The van der Waals surface area contributed by atoms with E-state index in [0.29, 0.717) is 18.8 Å². The van der Waals surface area contributed by atoms with Crippen LogP contribution in [-0.2, 0) is 19.6 Å². The van der Waals surface area contributed by atoms with Crippen molar-refractivity contribution in [3.63, 3.8) is 0 Å². The molecule has 2 N–H and O–H groups in total. The minimum absolute atomic E-state index is 0.0982. The van der Waals surface area contributed by atoms with E-state index in [-0.39, 0.29) is 17.5 Å². The number of nitrogens with one attached hydrogen (secondary N) is 2. The maximum Gasteiger partial charge on any atom is 0.325 e. The summed E-state index contributed by atoms with van der Waals surface area (Å²) in [6.07, 6.45) is 0. The van der Waals surface area contributed by atoms with Crippen molar-refractivity contribution < 1.29 is 22.8 Å². The smallest absolute Gasteiger partial charge is 0.325 e. The number of hydrogen-bond acceptors (Lipinski definition) is 5. The number of benzene rings is 2. The summed E-state index contributed by atoms with van der Waals surface area (Å²) in [7, 11) is -3.93. The second-order valence-electron chi connectivity index (χ2n) is 6.43. The topological polar surface area (TPSA) is 116 Å². The summed E-state index contributed by atoms with van der Waals surface area (Å²) in [4.78, 5) is 38.7. The largest absolute Gasteiger partial charge is 0.325 e. The average Bonchev–Trinajstić information content (AvgIpc) is 3.02. The Kier molecular flexibility index (Phi) is 5.83. The summed E-state index contributed by atoms with van der Waals surface area (Å²) in [5.74, 6) is -1.09. The first-order valence-corrected chi connectivity index (χ1v) is 10.3. The van der Waals surface area contributed by atoms with Crippen molar-refractivity contribution >= 4 is 39.2 Å². The summed E-state index contributed by atoms with van der Waals surface area (Å²) in [5.41, 5.74) is 1.15. The molecular formula is C19H20N4O5S. The molecule has 0 unspecified atom stereocenters. The number of nitrogens with zero attached hydrogens (tertiary/aromatic N) is 2. The number of hydrogen-bond donors (Lipinski definition) is 2. The van der Waals surface area contributed by atoms with E-state index in [0.717, 1.165) is 12.6 Å². The second kappa shape index (κ2) is 8.31. The Hall–Kier alpha value is -3.40. The zero-order valence-corrected chi connectivity index (χ0v) is 16.5. The molecule has 1 aliphatic heterocycles. The number of sulfonamides is 1. The zero-order valence-electron chi connectivity index (χ0n) is 15.7. The quantitative estimate of drug-likeness (QED) is 0.738. The van der Waals surface area contributed by atoms with E-state index in [9.17, 15) is 22.8 Å². The summed E-state index contributed by atoms with van der Waals surface area (Å²) >= 11 is 0. The van der Waals surface area contributed by atoms with Crippen LogP contribution in [0, 0.1) is 0 Å². The molecule has 0 atom stereocenters. The molecule has 2 aromatic carbocycles. The van der Waals surface area contributed by atoms with Gasteiger partial charge in [-0.2, -0.15) is 0 Å². The van der Waals surface area contributed by atoms with Gasteiger partial charge in [-0.1, -0.05) is 18.2 Å². The van der Waals surface area contributed by atoms with Crippen LogP contribution in [-0.4, -0.2) is 50.8 Å². The van der Waals surface area contributed by atoms with Crippen LogP contribution in [0.2, 0.25) is 0 Å². The van der Waals surface area contributed by atoms with E-state index < -0.39 is 21.8 Å². The fourth-order valence-corrected chi connectivity index (χ4v) is 3.91. The molecular weight excluding hydrogens is 396 g/mol. The lowest BCUT2D eigenvalue weighted by molar-refractivity contribution is -0.117. The maximum atomic E-state index is 12.5. The molecule has 0 radical (unpaired) electrons. The molecule has 3 rings (SSSR count). The molecule has 0 bridgehead atoms. The monoisotopic (exact) mass is 416 g/mol. The van der Waals surface area contributed by atoms with Gasteiger partial charge in [0.05, 0.1) is 4.90 Å². The van der Waals surface area contributed by atoms with Crippen molar-refractivity contribution in [3.05, 3.63) is 54.6 Å². The van der Waals surface area contributed by atoms with Crippen LogP contribution in [0.1, 0.15) is 6.92 Å². The molecule has 1 heterocycles. The fraction of sp³-hybridized carbons (Fsp3) is 0.211. The van der Waals surface area contributed by atoms with E-state index in [4.69, 9.17) is 0 Å². The number of carbonyl (C=O) groups is 3. The van der Waals surface area contributed by atoms with Crippen molar-refractivity contribution in [2.24, 2.45) is 0 Å². The summed E-state index contributed by atoms with van der Waals surface area (Å²) in [5, 5.41) is 2.63. The Morgan fingerprint density at radius 2 is 1.66 bits per heavy atom. The standard InChI is InChI=1S/C19H20N4O5S/c1-14(24)21-29(27,28)17-9-7-15(8-10-17)20-18(25)13-22-11-12-23(19(22)26)16-5-3-2-4-6-16/h2-10H,11-13H2,1H3,(H,20,25)(H,21,24). The Bertz CT molecular complexity index is 1020. The number of carbonyl (C=O) groups excluding carboxylic acids is 3. The van der Waals surface area contributed by atoms with Crippen molar-refractivity contribution in [1.82, 2.24) is 9.62 Å². The molecule has 1 aliphatic rings. The van der Waals surface area contributed by atoms with E-state index in [1.54, 1.807) is 4.90 Å². The predicted octanol–water partition coefficient (Wildman–Crippen LogP) is 1.39. The van der Waals surface area contributed by atoms with Crippen LogP contribution in [0.5, 0.6) is 0 Å². The van der Waals surface area contributed by atoms with Gasteiger partial charge in [0.1, 0.15) is 6.54 Å². The minimum atomic E-state index is -3.93. The van der Waals surface area contributed by atoms with Crippen LogP contribution in [0.15, 0.2) is 59.5 Å². The number of rotatable bonds is 6. The van der Waals surface area contributed by atoms with E-state index in [2.05, 4.69) is 5.32 Å². The molecule has 0 saturated carbocycles. The molecule has 0 aliphatic carbocycles. The van der Waals surface area contributed by atoms with Gasteiger partial charge >= 0.3 is 6.03 Å². The highest BCUT2D eigenvalue weighted by atomic mass is 32.2. The minimum Gasteiger partial charge on any atom is -0.325 e. The summed E-state index contributed by atoms with van der Waals surface area (Å²) in [6, 6.07) is 14.3. The van der Waals surface area contributed by atoms with Crippen LogP contribution in [0.4, 0.5) is 16.2 Å². The molecule has 2 aromatic rings. The van der Waals surface area contributed by atoms with Gasteiger partial charge in [-0.3, -0.25) is 14.5 Å². The van der Waals surface area contributed by atoms with Crippen molar-refractivity contribution in [3.8, 4) is 0 Å². The third kappa shape index (κ3) is 4.91. The first-order valence-electron chi connectivity index (χ1n) is 8.81. The normalized spacial score (nSPS) is 14.0. The Morgan fingerprint density at radius 3 is 2.28 bits per heavy atom. The lowest BCUT2D eigenvalue weighted by Gasteiger charge is -2.18. The maximum absolute atomic E-state index is 12.5. The number of anilines is 2. The van der Waals surface area contributed by atoms with Gasteiger partial charge in [-0.15, -0.1) is 0 Å². The van der Waals surface area contributed by atoms with E-state index >= 15 is 0 Å². The van der Waals surface area contributed by atoms with Crippen molar-refractivity contribution in [2.45, 2.75) is 11.8 Å². The van der Waals surface area contributed by atoms with Gasteiger partial charge in [0.2, 0.25) is 11.8 Å². The molecule has 10 heteroatoms. The fourth-order valence-electron chi connectivity index (χ4n) is 2.92. The van der Waals surface area contributed by atoms with Crippen LogP contribution in [0.25, 0.3) is 0 Å². The average molecular weight is 416 g/mol. The lowest BCUT2D eigenvalue weighted by atomic mass is 10.3. The van der Waals surface area contributed by atoms with Crippen molar-refractivity contribution in [2.75, 3.05) is 29.9 Å². The van der Waals surface area contributed by atoms with E-state index in [1.165, 1.54) is 29.2 Å².